The van der Waals surface area contributed by atoms with Gasteiger partial charge in [0.25, 0.3) is 0 Å². The van der Waals surface area contributed by atoms with Crippen molar-refractivity contribution in [1.29, 1.82) is 0 Å². The second-order valence-electron chi connectivity index (χ2n) is 5.30. The monoisotopic (exact) mass is 248 g/mol. The number of fused-ring (bicyclic) bond motifs is 1. The topological polar surface area (TPSA) is 47.3 Å². The maximum absolute atomic E-state index is 5.88. The molecule has 2 rings (SSSR count). The van der Waals surface area contributed by atoms with Crippen LogP contribution in [0.5, 0.6) is 0 Å². The summed E-state index contributed by atoms with van der Waals surface area (Å²) in [5.41, 5.74) is 8.53. The van der Waals surface area contributed by atoms with Gasteiger partial charge in [0.2, 0.25) is 0 Å². The van der Waals surface area contributed by atoms with E-state index in [4.69, 9.17) is 10.5 Å². The van der Waals surface area contributed by atoms with E-state index in [2.05, 4.69) is 43.4 Å². The van der Waals surface area contributed by atoms with Crippen LogP contribution in [0.2, 0.25) is 0 Å². The molecule has 2 atom stereocenters. The number of nitrogens with two attached hydrogens (primary N) is 1. The van der Waals surface area contributed by atoms with Gasteiger partial charge in [-0.1, -0.05) is 38.1 Å². The minimum absolute atomic E-state index is 0.169. The molecule has 0 fully saturated rings. The largest absolute Gasteiger partial charge is 0.372 e. The van der Waals surface area contributed by atoms with Gasteiger partial charge in [0.1, 0.15) is 0 Å². The van der Waals surface area contributed by atoms with Crippen molar-refractivity contribution in [2.45, 2.75) is 32.4 Å². The van der Waals surface area contributed by atoms with E-state index in [9.17, 15) is 0 Å². The van der Waals surface area contributed by atoms with Crippen LogP contribution in [0.3, 0.4) is 0 Å². The van der Waals surface area contributed by atoms with Crippen LogP contribution in [0.25, 0.3) is 0 Å². The summed E-state index contributed by atoms with van der Waals surface area (Å²) in [6.45, 7) is 6.72. The quantitative estimate of drug-likeness (QED) is 0.836. The van der Waals surface area contributed by atoms with Crippen LogP contribution in [-0.2, 0) is 11.2 Å². The fraction of sp³-hybridized carbons (Fsp3) is 0.600. The van der Waals surface area contributed by atoms with E-state index in [1.165, 1.54) is 11.1 Å². The summed E-state index contributed by atoms with van der Waals surface area (Å²) in [7, 11) is 0. The van der Waals surface area contributed by atoms with Crippen molar-refractivity contribution < 1.29 is 4.74 Å². The summed E-state index contributed by atoms with van der Waals surface area (Å²) in [5, 5.41) is 3.53. The van der Waals surface area contributed by atoms with Gasteiger partial charge in [0, 0.05) is 19.1 Å². The normalized spacial score (nSPS) is 20.8. The summed E-state index contributed by atoms with van der Waals surface area (Å²) in [4.78, 5) is 0. The smallest absolute Gasteiger partial charge is 0.0952 e. The molecular formula is C15H24N2O. The number of hydrogen-bond donors (Lipinski definition) is 2. The van der Waals surface area contributed by atoms with Crippen molar-refractivity contribution in [3.63, 3.8) is 0 Å². The summed E-state index contributed by atoms with van der Waals surface area (Å²) in [6.07, 6.45) is 1.19. The lowest BCUT2D eigenvalue weighted by Crippen LogP contribution is -2.43. The molecule has 3 heteroatoms. The van der Waals surface area contributed by atoms with E-state index >= 15 is 0 Å². The van der Waals surface area contributed by atoms with E-state index in [-0.39, 0.29) is 6.10 Å². The van der Waals surface area contributed by atoms with Gasteiger partial charge in [0.05, 0.1) is 12.7 Å². The van der Waals surface area contributed by atoms with E-state index in [1.54, 1.807) is 0 Å². The summed E-state index contributed by atoms with van der Waals surface area (Å²) >= 11 is 0. The Kier molecular flexibility index (Phi) is 4.75. The van der Waals surface area contributed by atoms with Crippen molar-refractivity contribution >= 4 is 0 Å². The third-order valence-corrected chi connectivity index (χ3v) is 3.72. The van der Waals surface area contributed by atoms with Crippen LogP contribution in [0.15, 0.2) is 24.3 Å². The van der Waals surface area contributed by atoms with Crippen LogP contribution < -0.4 is 11.1 Å². The zero-order chi connectivity index (χ0) is 13.0. The SMILES string of the molecule is CC(C)C(CN)NCC1OCCc2ccccc21. The molecule has 1 aliphatic rings. The minimum atomic E-state index is 0.169. The second kappa shape index (κ2) is 6.32. The minimum Gasteiger partial charge on any atom is -0.372 e. The number of nitrogens with one attached hydrogen (secondary N) is 1. The van der Waals surface area contributed by atoms with Crippen LogP contribution in [0, 0.1) is 5.92 Å². The molecule has 1 aromatic carbocycles. The fourth-order valence-electron chi connectivity index (χ4n) is 2.50. The van der Waals surface area contributed by atoms with Gasteiger partial charge >= 0.3 is 0 Å². The summed E-state index contributed by atoms with van der Waals surface area (Å²) in [6, 6.07) is 8.93. The summed E-state index contributed by atoms with van der Waals surface area (Å²) < 4.78 is 5.88. The number of ether oxygens (including phenoxy) is 1. The van der Waals surface area contributed by atoms with Gasteiger partial charge in [-0.15, -0.1) is 0 Å². The Bertz CT molecular complexity index is 379. The molecule has 0 amide bonds. The standard InChI is InChI=1S/C15H24N2O/c1-11(2)14(9-16)17-10-15-13-6-4-3-5-12(13)7-8-18-15/h3-6,11,14-15,17H,7-10,16H2,1-2H3. The van der Waals surface area contributed by atoms with Gasteiger partial charge in [-0.05, 0) is 23.5 Å². The van der Waals surface area contributed by atoms with Crippen LogP contribution in [0.1, 0.15) is 31.1 Å². The average Bonchev–Trinajstić information content (AvgIpc) is 2.39. The third-order valence-electron chi connectivity index (χ3n) is 3.72. The Morgan fingerprint density at radius 2 is 2.17 bits per heavy atom. The van der Waals surface area contributed by atoms with Gasteiger partial charge in [-0.2, -0.15) is 0 Å². The Labute approximate surface area is 110 Å². The highest BCUT2D eigenvalue weighted by atomic mass is 16.5. The number of benzene rings is 1. The molecular weight excluding hydrogens is 224 g/mol. The predicted octanol–water partition coefficient (Wildman–Crippen LogP) is 1.87. The number of hydrogen-bond acceptors (Lipinski definition) is 3. The van der Waals surface area contributed by atoms with Crippen LogP contribution in [-0.4, -0.2) is 25.7 Å². The molecule has 0 spiro atoms. The zero-order valence-electron chi connectivity index (χ0n) is 11.4. The lowest BCUT2D eigenvalue weighted by Gasteiger charge is -2.29. The van der Waals surface area contributed by atoms with E-state index < -0.39 is 0 Å². The van der Waals surface area contributed by atoms with Gasteiger partial charge in [-0.3, -0.25) is 0 Å². The molecule has 1 aromatic rings. The molecule has 0 aliphatic carbocycles. The first-order valence-electron chi connectivity index (χ1n) is 6.85. The van der Waals surface area contributed by atoms with Crippen molar-refractivity contribution in [2.75, 3.05) is 19.7 Å². The zero-order valence-corrected chi connectivity index (χ0v) is 11.4. The summed E-state index contributed by atoms with van der Waals surface area (Å²) in [5.74, 6) is 0.550. The van der Waals surface area contributed by atoms with Crippen LogP contribution >= 0.6 is 0 Å². The molecule has 0 aromatic heterocycles. The highest BCUT2D eigenvalue weighted by molar-refractivity contribution is 5.31. The lowest BCUT2D eigenvalue weighted by molar-refractivity contribution is 0.0398. The number of rotatable bonds is 5. The van der Waals surface area contributed by atoms with E-state index in [0.717, 1.165) is 19.6 Å². The highest BCUT2D eigenvalue weighted by Crippen LogP contribution is 2.26. The molecule has 0 radical (unpaired) electrons. The van der Waals surface area contributed by atoms with Gasteiger partial charge in [-0.25, -0.2) is 0 Å². The first-order chi connectivity index (χ1) is 8.72. The first kappa shape index (κ1) is 13.5. The molecule has 1 aliphatic heterocycles. The van der Waals surface area contributed by atoms with Gasteiger partial charge in [0.15, 0.2) is 0 Å². The van der Waals surface area contributed by atoms with Crippen molar-refractivity contribution in [1.82, 2.24) is 5.32 Å². The molecule has 100 valence electrons. The maximum Gasteiger partial charge on any atom is 0.0952 e. The molecule has 0 saturated carbocycles. The van der Waals surface area contributed by atoms with E-state index in [0.29, 0.717) is 18.5 Å². The van der Waals surface area contributed by atoms with Crippen molar-refractivity contribution in [2.24, 2.45) is 11.7 Å². The van der Waals surface area contributed by atoms with Gasteiger partial charge < -0.3 is 15.8 Å². The highest BCUT2D eigenvalue weighted by Gasteiger charge is 2.21. The molecule has 0 bridgehead atoms. The Hall–Kier alpha value is -0.900. The lowest BCUT2D eigenvalue weighted by atomic mass is 9.97. The molecule has 3 N–H and O–H groups in total. The van der Waals surface area contributed by atoms with Crippen LogP contribution in [0.4, 0.5) is 0 Å². The molecule has 3 nitrogen and oxygen atoms in total. The molecule has 2 unspecified atom stereocenters. The maximum atomic E-state index is 5.88. The van der Waals surface area contributed by atoms with E-state index in [1.807, 2.05) is 0 Å². The Balaban J connectivity index is 1.99. The Morgan fingerprint density at radius 1 is 1.39 bits per heavy atom. The molecule has 0 saturated heterocycles. The average molecular weight is 248 g/mol. The Morgan fingerprint density at radius 3 is 2.89 bits per heavy atom. The molecule has 18 heavy (non-hydrogen) atoms. The van der Waals surface area contributed by atoms with Crippen molar-refractivity contribution in [3.8, 4) is 0 Å². The first-order valence-corrected chi connectivity index (χ1v) is 6.85. The second-order valence-corrected chi connectivity index (χ2v) is 5.30. The third kappa shape index (κ3) is 3.10. The predicted molar refractivity (Wildman–Crippen MR) is 74.5 cm³/mol. The molecule has 1 heterocycles. The fourth-order valence-corrected chi connectivity index (χ4v) is 2.50. The van der Waals surface area contributed by atoms with Crippen molar-refractivity contribution in [3.05, 3.63) is 35.4 Å².